The standard InChI is InChI=1S/C33H41N5O6/c1-5-30-34-11-13-37(30)20-32(40)38-12-10-29-28(18-38)35-31(39)19-36(6-2)33(41)24-15-26(43-22(3)4)17-27(16-24)44-25-9-7-8-23(14-25)21-42-29/h7-9,11,13-17,22,28-29H,5-6,10,12,18-21H2,1-4H3,(H,35,39)/t28-,29-/m0/s1. The van der Waals surface area contributed by atoms with Gasteiger partial charge in [0.2, 0.25) is 11.8 Å². The number of aromatic nitrogens is 2. The Morgan fingerprint density at radius 3 is 2.75 bits per heavy atom. The minimum atomic E-state index is -0.454. The van der Waals surface area contributed by atoms with E-state index in [2.05, 4.69) is 10.3 Å². The number of fused-ring (bicyclic) bond motifs is 5. The molecule has 1 saturated heterocycles. The highest BCUT2D eigenvalue weighted by Crippen LogP contribution is 2.30. The molecule has 11 heteroatoms. The third-order valence-corrected chi connectivity index (χ3v) is 7.77. The van der Waals surface area contributed by atoms with Crippen LogP contribution in [0.25, 0.3) is 0 Å². The van der Waals surface area contributed by atoms with E-state index < -0.39 is 6.04 Å². The fourth-order valence-electron chi connectivity index (χ4n) is 5.61. The van der Waals surface area contributed by atoms with Gasteiger partial charge in [0.05, 0.1) is 31.4 Å². The van der Waals surface area contributed by atoms with Crippen molar-refractivity contribution in [1.82, 2.24) is 24.7 Å². The summed E-state index contributed by atoms with van der Waals surface area (Å²) in [5.41, 5.74) is 1.26. The molecular formula is C33H41N5O6. The molecule has 44 heavy (non-hydrogen) atoms. The number of ether oxygens (including phenoxy) is 3. The zero-order valence-corrected chi connectivity index (χ0v) is 25.8. The van der Waals surface area contributed by atoms with Crippen molar-refractivity contribution >= 4 is 17.7 Å². The Hall–Kier alpha value is -4.38. The minimum absolute atomic E-state index is 0.0490. The van der Waals surface area contributed by atoms with E-state index in [1.54, 1.807) is 29.3 Å². The lowest BCUT2D eigenvalue weighted by atomic mass is 10.0. The largest absolute Gasteiger partial charge is 0.491 e. The Labute approximate surface area is 258 Å². The lowest BCUT2D eigenvalue weighted by molar-refractivity contribution is -0.138. The maximum absolute atomic E-state index is 13.7. The number of imidazole rings is 1. The quantitative estimate of drug-likeness (QED) is 0.456. The third-order valence-electron chi connectivity index (χ3n) is 7.77. The first-order chi connectivity index (χ1) is 21.2. The number of aryl methyl sites for hydroxylation is 1. The number of nitrogens with one attached hydrogen (secondary N) is 1. The summed E-state index contributed by atoms with van der Waals surface area (Å²) in [6, 6.07) is 12.2. The van der Waals surface area contributed by atoms with Crippen LogP contribution in [-0.2, 0) is 33.9 Å². The van der Waals surface area contributed by atoms with Crippen LogP contribution in [0, 0.1) is 0 Å². The van der Waals surface area contributed by atoms with Crippen LogP contribution in [0.5, 0.6) is 17.2 Å². The number of likely N-dealkylation sites (N-methyl/N-ethyl adjacent to an activating group) is 1. The van der Waals surface area contributed by atoms with E-state index in [4.69, 9.17) is 14.2 Å². The summed E-state index contributed by atoms with van der Waals surface area (Å²) in [6.45, 7) is 9.11. The zero-order chi connectivity index (χ0) is 31.2. The predicted octanol–water partition coefficient (Wildman–Crippen LogP) is 3.80. The van der Waals surface area contributed by atoms with Gasteiger partial charge in [-0.15, -0.1) is 0 Å². The molecule has 2 aliphatic heterocycles. The summed E-state index contributed by atoms with van der Waals surface area (Å²) in [5.74, 6) is 1.71. The summed E-state index contributed by atoms with van der Waals surface area (Å²) >= 11 is 0. The summed E-state index contributed by atoms with van der Waals surface area (Å²) in [5, 5.41) is 3.08. The zero-order valence-electron chi connectivity index (χ0n) is 25.8. The fourth-order valence-corrected chi connectivity index (χ4v) is 5.61. The number of carbonyl (C=O) groups excluding carboxylic acids is 3. The maximum Gasteiger partial charge on any atom is 0.254 e. The molecule has 3 aromatic rings. The molecule has 0 unspecified atom stereocenters. The molecule has 4 bridgehead atoms. The molecule has 5 rings (SSSR count). The average Bonchev–Trinajstić information content (AvgIpc) is 3.45. The van der Waals surface area contributed by atoms with Crippen molar-refractivity contribution in [2.45, 2.75) is 71.9 Å². The van der Waals surface area contributed by atoms with Crippen LogP contribution in [0.15, 0.2) is 54.9 Å². The number of amides is 3. The normalized spacial score (nSPS) is 19.3. The molecule has 2 atom stereocenters. The van der Waals surface area contributed by atoms with Crippen LogP contribution in [-0.4, -0.2) is 81.5 Å². The third kappa shape index (κ3) is 7.57. The van der Waals surface area contributed by atoms with Gasteiger partial charge in [-0.05, 0) is 57.0 Å². The Bertz CT molecular complexity index is 1490. The molecule has 3 amide bonds. The molecule has 1 N–H and O–H groups in total. The summed E-state index contributed by atoms with van der Waals surface area (Å²) < 4.78 is 20.3. The predicted molar refractivity (Wildman–Crippen MR) is 164 cm³/mol. The van der Waals surface area contributed by atoms with E-state index in [9.17, 15) is 14.4 Å². The van der Waals surface area contributed by atoms with Gasteiger partial charge < -0.3 is 33.9 Å². The smallest absolute Gasteiger partial charge is 0.254 e. The van der Waals surface area contributed by atoms with Crippen LogP contribution in [0.3, 0.4) is 0 Å². The molecule has 1 aromatic heterocycles. The number of rotatable bonds is 6. The highest BCUT2D eigenvalue weighted by molar-refractivity contribution is 5.97. The van der Waals surface area contributed by atoms with Crippen molar-refractivity contribution in [3.05, 3.63) is 71.8 Å². The van der Waals surface area contributed by atoms with Gasteiger partial charge in [-0.25, -0.2) is 4.98 Å². The van der Waals surface area contributed by atoms with Crippen LogP contribution in [0.1, 0.15) is 55.9 Å². The van der Waals surface area contributed by atoms with E-state index >= 15 is 0 Å². The SMILES string of the molecule is CCc1nccn1CC(=O)N1CC[C@@H]2OCc3cccc(c3)Oc3cc(OC(C)C)cc(c3)C(=O)N(CC)CC(=O)N[C@H]2C1. The number of piperidine rings is 1. The van der Waals surface area contributed by atoms with E-state index in [-0.39, 0.29) is 43.0 Å². The van der Waals surface area contributed by atoms with Gasteiger partial charge in [-0.3, -0.25) is 14.4 Å². The Morgan fingerprint density at radius 1 is 1.14 bits per heavy atom. The summed E-state index contributed by atoms with van der Waals surface area (Å²) in [6.07, 6.45) is 4.35. The molecule has 3 heterocycles. The monoisotopic (exact) mass is 603 g/mol. The van der Waals surface area contributed by atoms with Crippen molar-refractivity contribution in [2.24, 2.45) is 0 Å². The van der Waals surface area contributed by atoms with Crippen LogP contribution >= 0.6 is 0 Å². The maximum atomic E-state index is 13.7. The van der Waals surface area contributed by atoms with Gasteiger partial charge in [0, 0.05) is 50.1 Å². The van der Waals surface area contributed by atoms with E-state index in [1.165, 1.54) is 4.90 Å². The van der Waals surface area contributed by atoms with E-state index in [1.807, 2.05) is 62.7 Å². The van der Waals surface area contributed by atoms with Gasteiger partial charge in [0.1, 0.15) is 29.6 Å². The minimum Gasteiger partial charge on any atom is -0.491 e. The molecule has 2 aliphatic rings. The van der Waals surface area contributed by atoms with Crippen molar-refractivity contribution in [3.63, 3.8) is 0 Å². The molecule has 1 fully saturated rings. The van der Waals surface area contributed by atoms with Crippen LogP contribution < -0.4 is 14.8 Å². The number of carbonyl (C=O) groups is 3. The van der Waals surface area contributed by atoms with Crippen molar-refractivity contribution in [1.29, 1.82) is 0 Å². The number of hydrogen-bond acceptors (Lipinski definition) is 7. The molecule has 0 spiro atoms. The topological polar surface area (TPSA) is 115 Å². The Kier molecular flexibility index (Phi) is 9.84. The first-order valence-electron chi connectivity index (χ1n) is 15.3. The van der Waals surface area contributed by atoms with Crippen molar-refractivity contribution < 1.29 is 28.6 Å². The number of nitrogens with zero attached hydrogens (tertiary/aromatic N) is 4. The second-order valence-electron chi connectivity index (χ2n) is 11.4. The van der Waals surface area contributed by atoms with Gasteiger partial charge in [-0.2, -0.15) is 0 Å². The van der Waals surface area contributed by atoms with E-state index in [0.717, 1.165) is 17.8 Å². The highest BCUT2D eigenvalue weighted by Gasteiger charge is 2.34. The highest BCUT2D eigenvalue weighted by atomic mass is 16.5. The molecule has 0 radical (unpaired) electrons. The second kappa shape index (κ2) is 13.9. The second-order valence-corrected chi connectivity index (χ2v) is 11.4. The van der Waals surface area contributed by atoms with Crippen molar-refractivity contribution in [2.75, 3.05) is 26.2 Å². The first-order valence-corrected chi connectivity index (χ1v) is 15.3. The summed E-state index contributed by atoms with van der Waals surface area (Å²) in [7, 11) is 0. The van der Waals surface area contributed by atoms with Gasteiger partial charge in [-0.1, -0.05) is 19.1 Å². The lowest BCUT2D eigenvalue weighted by Crippen LogP contribution is -2.58. The van der Waals surface area contributed by atoms with Crippen LogP contribution in [0.4, 0.5) is 0 Å². The van der Waals surface area contributed by atoms with Gasteiger partial charge >= 0.3 is 0 Å². The van der Waals surface area contributed by atoms with E-state index in [0.29, 0.717) is 55.5 Å². The molecule has 0 saturated carbocycles. The van der Waals surface area contributed by atoms with Gasteiger partial charge in [0.25, 0.3) is 5.91 Å². The molecule has 234 valence electrons. The van der Waals surface area contributed by atoms with Gasteiger partial charge in [0.15, 0.2) is 0 Å². The van der Waals surface area contributed by atoms with Crippen molar-refractivity contribution in [3.8, 4) is 17.2 Å². The molecule has 11 nitrogen and oxygen atoms in total. The lowest BCUT2D eigenvalue weighted by Gasteiger charge is -2.39. The number of hydrogen-bond donors (Lipinski definition) is 1. The molecule has 2 aromatic carbocycles. The Morgan fingerprint density at radius 2 is 1.98 bits per heavy atom. The Balaban J connectivity index is 1.41. The fraction of sp³-hybridized carbons (Fsp3) is 0.455. The molecular weight excluding hydrogens is 562 g/mol. The summed E-state index contributed by atoms with van der Waals surface area (Å²) in [4.78, 5) is 48.0. The molecule has 0 aliphatic carbocycles. The average molecular weight is 604 g/mol. The first kappa shape index (κ1) is 31.1. The van der Waals surface area contributed by atoms with Crippen LogP contribution in [0.2, 0.25) is 0 Å². The number of likely N-dealkylation sites (tertiary alicyclic amines) is 1. The number of benzene rings is 2.